The van der Waals surface area contributed by atoms with Crippen molar-refractivity contribution in [3.05, 3.63) is 42.4 Å². The van der Waals surface area contributed by atoms with Crippen LogP contribution < -0.4 is 10.5 Å². The molecule has 2 aromatic rings. The van der Waals surface area contributed by atoms with Crippen LogP contribution in [0.3, 0.4) is 0 Å². The highest BCUT2D eigenvalue weighted by Crippen LogP contribution is 2.27. The van der Waals surface area contributed by atoms with Crippen LogP contribution in [0.4, 0.5) is 4.79 Å². The van der Waals surface area contributed by atoms with Crippen LogP contribution in [0.15, 0.2) is 36.5 Å². The molecular weight excluding hydrogens is 254 g/mol. The van der Waals surface area contributed by atoms with Crippen molar-refractivity contribution in [1.29, 1.82) is 0 Å². The summed E-state index contributed by atoms with van der Waals surface area (Å²) >= 11 is 5.69. The van der Waals surface area contributed by atoms with Crippen LogP contribution in [-0.4, -0.2) is 16.1 Å². The molecule has 5 nitrogen and oxygen atoms in total. The normalized spacial score (nSPS) is 10.1. The third-order valence-electron chi connectivity index (χ3n) is 2.18. The lowest BCUT2D eigenvalue weighted by Gasteiger charge is -2.08. The molecule has 0 radical (unpaired) electrons. The molecule has 1 heterocycles. The first-order valence-corrected chi connectivity index (χ1v) is 5.68. The van der Waals surface area contributed by atoms with Gasteiger partial charge < -0.3 is 10.5 Å². The highest BCUT2D eigenvalue weighted by atomic mass is 35.5. The Labute approximate surface area is 109 Å². The average molecular weight is 264 g/mol. The van der Waals surface area contributed by atoms with Crippen molar-refractivity contribution in [3.63, 3.8) is 0 Å². The first-order chi connectivity index (χ1) is 8.70. The molecule has 0 saturated carbocycles. The molecule has 1 aromatic carbocycles. The summed E-state index contributed by atoms with van der Waals surface area (Å²) in [4.78, 5) is 19.0. The van der Waals surface area contributed by atoms with Gasteiger partial charge in [-0.2, -0.15) is 0 Å². The maximum atomic E-state index is 10.8. The van der Waals surface area contributed by atoms with Crippen LogP contribution >= 0.6 is 11.6 Å². The topological polar surface area (TPSA) is 78.1 Å². The van der Waals surface area contributed by atoms with Crippen LogP contribution in [0.1, 0.15) is 5.82 Å². The van der Waals surface area contributed by atoms with Gasteiger partial charge in [0.2, 0.25) is 0 Å². The van der Waals surface area contributed by atoms with Crippen LogP contribution in [0.2, 0.25) is 0 Å². The monoisotopic (exact) mass is 263 g/mol. The largest absolute Gasteiger partial charge is 0.410 e. The molecule has 2 rings (SSSR count). The molecule has 1 amide bonds. The molecule has 0 bridgehead atoms. The number of hydrogen-bond acceptors (Lipinski definition) is 4. The maximum absolute atomic E-state index is 10.8. The summed E-state index contributed by atoms with van der Waals surface area (Å²) in [5, 5.41) is 0. The number of carbonyl (C=O) groups excluding carboxylic acids is 1. The van der Waals surface area contributed by atoms with Crippen LogP contribution in [-0.2, 0) is 5.88 Å². The van der Waals surface area contributed by atoms with E-state index in [0.29, 0.717) is 11.5 Å². The second-order valence-electron chi connectivity index (χ2n) is 3.42. The van der Waals surface area contributed by atoms with E-state index in [1.165, 1.54) is 6.20 Å². The summed E-state index contributed by atoms with van der Waals surface area (Å²) in [5.74, 6) is 0.839. The van der Waals surface area contributed by atoms with Crippen molar-refractivity contribution >= 4 is 17.7 Å². The second-order valence-corrected chi connectivity index (χ2v) is 3.69. The molecule has 92 valence electrons. The van der Waals surface area contributed by atoms with Gasteiger partial charge in [0.1, 0.15) is 11.5 Å². The van der Waals surface area contributed by atoms with Gasteiger partial charge >= 0.3 is 6.09 Å². The number of alkyl halides is 1. The van der Waals surface area contributed by atoms with Gasteiger partial charge in [0.15, 0.2) is 5.75 Å². The molecular formula is C12H10ClN3O2. The van der Waals surface area contributed by atoms with E-state index in [0.717, 1.165) is 5.56 Å². The van der Waals surface area contributed by atoms with Gasteiger partial charge in [-0.15, -0.1) is 11.6 Å². The van der Waals surface area contributed by atoms with Crippen molar-refractivity contribution in [1.82, 2.24) is 9.97 Å². The molecule has 2 N–H and O–H groups in total. The van der Waals surface area contributed by atoms with Crippen molar-refractivity contribution in [2.24, 2.45) is 5.73 Å². The molecule has 0 spiro atoms. The zero-order valence-electron chi connectivity index (χ0n) is 9.34. The molecule has 1 aromatic heterocycles. The Morgan fingerprint density at radius 1 is 1.33 bits per heavy atom. The third-order valence-corrected chi connectivity index (χ3v) is 2.42. The Kier molecular flexibility index (Phi) is 3.74. The van der Waals surface area contributed by atoms with Gasteiger partial charge in [0.05, 0.1) is 12.1 Å². The predicted octanol–water partition coefficient (Wildman–Crippen LogP) is 2.34. The number of carbonyl (C=O) groups is 1. The van der Waals surface area contributed by atoms with E-state index in [1.807, 2.05) is 30.3 Å². The fraction of sp³-hybridized carbons (Fsp3) is 0.0833. The lowest BCUT2D eigenvalue weighted by Crippen LogP contribution is -2.17. The summed E-state index contributed by atoms with van der Waals surface area (Å²) in [7, 11) is 0. The predicted molar refractivity (Wildman–Crippen MR) is 67.2 cm³/mol. The number of benzene rings is 1. The number of nitrogens with zero attached hydrogens (tertiary/aromatic N) is 2. The molecule has 18 heavy (non-hydrogen) atoms. The Balaban J connectivity index is 2.51. The van der Waals surface area contributed by atoms with Crippen molar-refractivity contribution in [2.75, 3.05) is 0 Å². The van der Waals surface area contributed by atoms with E-state index in [1.54, 1.807) is 0 Å². The fourth-order valence-electron chi connectivity index (χ4n) is 1.46. The number of primary amides is 1. The number of aromatic nitrogens is 2. The summed E-state index contributed by atoms with van der Waals surface area (Å²) < 4.78 is 4.87. The third kappa shape index (κ3) is 2.75. The number of rotatable bonds is 3. The summed E-state index contributed by atoms with van der Waals surface area (Å²) in [6.45, 7) is 0. The molecule has 0 aliphatic heterocycles. The van der Waals surface area contributed by atoms with E-state index in [4.69, 9.17) is 22.1 Å². The minimum Gasteiger partial charge on any atom is -0.406 e. The number of ether oxygens (including phenoxy) is 1. The van der Waals surface area contributed by atoms with Gasteiger partial charge in [-0.3, -0.25) is 0 Å². The number of amides is 1. The van der Waals surface area contributed by atoms with Crippen LogP contribution in [0.25, 0.3) is 11.3 Å². The van der Waals surface area contributed by atoms with Crippen molar-refractivity contribution in [2.45, 2.75) is 5.88 Å². The van der Waals surface area contributed by atoms with Gasteiger partial charge in [0.25, 0.3) is 0 Å². The summed E-state index contributed by atoms with van der Waals surface area (Å²) in [5.41, 5.74) is 6.28. The quantitative estimate of drug-likeness (QED) is 0.862. The highest BCUT2D eigenvalue weighted by Gasteiger charge is 2.12. The highest BCUT2D eigenvalue weighted by molar-refractivity contribution is 6.16. The van der Waals surface area contributed by atoms with Crippen LogP contribution in [0, 0.1) is 0 Å². The number of hydrogen-bond donors (Lipinski definition) is 1. The zero-order chi connectivity index (χ0) is 13.0. The minimum absolute atomic E-state index is 0.177. The SMILES string of the molecule is NC(=O)Oc1cnc(CCl)nc1-c1ccccc1. The molecule has 0 fully saturated rings. The molecule has 0 aliphatic rings. The molecule has 0 unspecified atom stereocenters. The van der Waals surface area contributed by atoms with Crippen molar-refractivity contribution < 1.29 is 9.53 Å². The minimum atomic E-state index is -0.908. The second kappa shape index (κ2) is 5.46. The van der Waals surface area contributed by atoms with Crippen LogP contribution in [0.5, 0.6) is 5.75 Å². The average Bonchev–Trinajstić information content (AvgIpc) is 2.39. The zero-order valence-corrected chi connectivity index (χ0v) is 10.1. The van der Waals surface area contributed by atoms with E-state index in [9.17, 15) is 4.79 Å². The molecule has 6 heteroatoms. The smallest absolute Gasteiger partial charge is 0.406 e. The first kappa shape index (κ1) is 12.3. The molecule has 0 saturated heterocycles. The van der Waals surface area contributed by atoms with E-state index in [-0.39, 0.29) is 11.6 Å². The summed E-state index contributed by atoms with van der Waals surface area (Å²) in [6, 6.07) is 9.27. The van der Waals surface area contributed by atoms with Gasteiger partial charge in [0, 0.05) is 5.56 Å². The molecule has 0 aliphatic carbocycles. The fourth-order valence-corrected chi connectivity index (χ4v) is 1.59. The Morgan fingerprint density at radius 2 is 2.06 bits per heavy atom. The van der Waals surface area contributed by atoms with E-state index in [2.05, 4.69) is 9.97 Å². The summed E-state index contributed by atoms with van der Waals surface area (Å²) in [6.07, 6.45) is 0.479. The Hall–Kier alpha value is -2.14. The number of halogens is 1. The van der Waals surface area contributed by atoms with Gasteiger partial charge in [-0.1, -0.05) is 30.3 Å². The Bertz CT molecular complexity index is 561. The van der Waals surface area contributed by atoms with Gasteiger partial charge in [-0.05, 0) is 0 Å². The van der Waals surface area contributed by atoms with E-state index >= 15 is 0 Å². The standard InChI is InChI=1S/C12H10ClN3O2/c13-6-10-15-7-9(18-12(14)17)11(16-10)8-4-2-1-3-5-8/h1-5,7H,6H2,(H2,14,17). The lowest BCUT2D eigenvalue weighted by atomic mass is 10.1. The Morgan fingerprint density at radius 3 is 2.67 bits per heavy atom. The number of nitrogens with two attached hydrogens (primary N) is 1. The first-order valence-electron chi connectivity index (χ1n) is 5.15. The van der Waals surface area contributed by atoms with Gasteiger partial charge in [-0.25, -0.2) is 14.8 Å². The lowest BCUT2D eigenvalue weighted by molar-refractivity contribution is 0.210. The van der Waals surface area contributed by atoms with Crippen molar-refractivity contribution in [3.8, 4) is 17.0 Å². The maximum Gasteiger partial charge on any atom is 0.410 e. The van der Waals surface area contributed by atoms with E-state index < -0.39 is 6.09 Å². The molecule has 0 atom stereocenters.